The number of aryl methyl sites for hydroxylation is 1. The van der Waals surface area contributed by atoms with Crippen LogP contribution in [0.1, 0.15) is 148 Å². The molecule has 42 heavy (non-hydrogen) atoms. The molecule has 0 saturated carbocycles. The number of anilines is 1. The van der Waals surface area contributed by atoms with E-state index in [0.717, 1.165) is 30.6 Å². The molecule has 1 saturated heterocycles. The average Bonchev–Trinajstić information content (AvgIpc) is 3.30. The third-order valence-electron chi connectivity index (χ3n) is 9.09. The van der Waals surface area contributed by atoms with Gasteiger partial charge >= 0.3 is 0 Å². The number of rotatable bonds is 19. The largest absolute Gasteiger partial charge is 0.371 e. The number of benzene rings is 2. The van der Waals surface area contributed by atoms with Gasteiger partial charge in [0.25, 0.3) is 0 Å². The maximum atomic E-state index is 5.14. The van der Waals surface area contributed by atoms with Crippen LogP contribution in [0.5, 0.6) is 0 Å². The second kappa shape index (κ2) is 19.4. The summed E-state index contributed by atoms with van der Waals surface area (Å²) in [6.07, 6.45) is 28.7. The number of fused-ring (bicyclic) bond motifs is 2. The van der Waals surface area contributed by atoms with Crippen LogP contribution < -0.4 is 10.3 Å². The molecule has 1 aromatic rings. The molecule has 0 bridgehead atoms. The highest BCUT2D eigenvalue weighted by Gasteiger charge is 2.14. The van der Waals surface area contributed by atoms with Gasteiger partial charge in [-0.2, -0.15) is 0 Å². The molecule has 0 atom stereocenters. The lowest BCUT2D eigenvalue weighted by atomic mass is 10.0. The van der Waals surface area contributed by atoms with E-state index in [1.807, 2.05) is 11.3 Å². The van der Waals surface area contributed by atoms with Crippen LogP contribution in [0.25, 0.3) is 20.8 Å². The molecule has 232 valence electrons. The molecule has 3 nitrogen and oxygen atoms in total. The van der Waals surface area contributed by atoms with E-state index in [-0.39, 0.29) is 0 Å². The van der Waals surface area contributed by atoms with Gasteiger partial charge in [0.15, 0.2) is 0 Å². The van der Waals surface area contributed by atoms with Gasteiger partial charge in [-0.25, -0.2) is 4.98 Å². The van der Waals surface area contributed by atoms with Gasteiger partial charge in [-0.05, 0) is 68.0 Å². The van der Waals surface area contributed by atoms with Crippen molar-refractivity contribution >= 4 is 27.2 Å². The van der Waals surface area contributed by atoms with E-state index < -0.39 is 0 Å². The third-order valence-corrected chi connectivity index (χ3v) is 10.2. The van der Waals surface area contributed by atoms with Crippen molar-refractivity contribution in [2.75, 3.05) is 24.5 Å². The summed E-state index contributed by atoms with van der Waals surface area (Å²) in [4.78, 5) is 14.0. The van der Waals surface area contributed by atoms with E-state index in [4.69, 9.17) is 9.98 Å². The van der Waals surface area contributed by atoms with E-state index in [9.17, 15) is 0 Å². The molecule has 0 unspecified atom stereocenters. The van der Waals surface area contributed by atoms with Crippen LogP contribution >= 0.6 is 11.3 Å². The van der Waals surface area contributed by atoms with Crippen molar-refractivity contribution in [1.29, 1.82) is 0 Å². The summed E-state index contributed by atoms with van der Waals surface area (Å²) in [6, 6.07) is 11.6. The number of hydrogen-bond donors (Lipinski definition) is 0. The second-order valence-electron chi connectivity index (χ2n) is 12.8. The monoisotopic (exact) mass is 589 g/mol. The Kier molecular flexibility index (Phi) is 15.2. The fourth-order valence-corrected chi connectivity index (χ4v) is 7.50. The SMILES string of the molecule is CCCCCCCCCCCCCCCCCc1cc2nc3ccc(N4CCCCCC4)cc3sc-2c/c1=N/CCC. The van der Waals surface area contributed by atoms with Crippen LogP contribution in [0.4, 0.5) is 5.69 Å². The summed E-state index contributed by atoms with van der Waals surface area (Å²) >= 11 is 1.89. The molecule has 0 N–H and O–H groups in total. The average molecular weight is 590 g/mol. The first-order chi connectivity index (χ1) is 20.8. The molecule has 1 fully saturated rings. The molecule has 4 rings (SSSR count). The predicted molar refractivity (Wildman–Crippen MR) is 186 cm³/mol. The minimum Gasteiger partial charge on any atom is -0.371 e. The van der Waals surface area contributed by atoms with Crippen molar-refractivity contribution in [1.82, 2.24) is 4.98 Å². The Hall–Kier alpha value is -1.94. The van der Waals surface area contributed by atoms with Crippen LogP contribution in [0.3, 0.4) is 0 Å². The minimum absolute atomic E-state index is 0.905. The normalized spacial score (nSPS) is 14.7. The first-order valence-corrected chi connectivity index (χ1v) is 18.7. The van der Waals surface area contributed by atoms with Crippen LogP contribution in [-0.4, -0.2) is 24.6 Å². The van der Waals surface area contributed by atoms with E-state index in [1.165, 1.54) is 161 Å². The number of hydrogen-bond acceptors (Lipinski definition) is 4. The highest BCUT2D eigenvalue weighted by molar-refractivity contribution is 7.21. The Bertz CT molecular complexity index is 1190. The number of nitrogens with zero attached hydrogens (tertiary/aromatic N) is 3. The maximum Gasteiger partial charge on any atom is 0.0814 e. The van der Waals surface area contributed by atoms with Crippen LogP contribution in [0, 0.1) is 0 Å². The maximum absolute atomic E-state index is 5.14. The molecule has 3 aliphatic rings. The van der Waals surface area contributed by atoms with Crippen LogP contribution in [0.15, 0.2) is 35.3 Å². The quantitative estimate of drug-likeness (QED) is 0.103. The second-order valence-corrected chi connectivity index (χ2v) is 13.9. The third kappa shape index (κ3) is 11.0. The smallest absolute Gasteiger partial charge is 0.0814 e. The summed E-state index contributed by atoms with van der Waals surface area (Å²) in [6.45, 7) is 7.79. The van der Waals surface area contributed by atoms with E-state index in [2.05, 4.69) is 49.1 Å². The lowest BCUT2D eigenvalue weighted by Gasteiger charge is -2.23. The topological polar surface area (TPSA) is 28.5 Å². The lowest BCUT2D eigenvalue weighted by Crippen LogP contribution is -2.23. The van der Waals surface area contributed by atoms with Gasteiger partial charge in [0.05, 0.1) is 26.1 Å². The Balaban J connectivity index is 1.25. The Labute approximate surface area is 261 Å². The molecule has 4 heteroatoms. The molecule has 2 aliphatic heterocycles. The van der Waals surface area contributed by atoms with Crippen LogP contribution in [-0.2, 0) is 6.42 Å². The van der Waals surface area contributed by atoms with Gasteiger partial charge in [-0.3, -0.25) is 4.99 Å². The van der Waals surface area contributed by atoms with E-state index in [1.54, 1.807) is 0 Å². The van der Waals surface area contributed by atoms with Crippen LogP contribution in [0.2, 0.25) is 0 Å². The standard InChI is InChI=1S/C38H59N3S/c1-3-5-6-7-8-9-10-11-12-13-14-15-16-17-20-23-32-29-36-38(31-35(32)39-26-4-2)42-37-30-33(24-25-34(37)40-36)41-27-21-18-19-22-28-41/h24-25,29-31H,3-23,26-28H2,1-2H3/b39-35-. The first kappa shape index (κ1) is 33.0. The summed E-state index contributed by atoms with van der Waals surface area (Å²) in [5.74, 6) is 0. The molecule has 1 aliphatic carbocycles. The van der Waals surface area contributed by atoms with Crippen molar-refractivity contribution in [2.45, 2.75) is 149 Å². The zero-order valence-corrected chi connectivity index (χ0v) is 27.9. The van der Waals surface area contributed by atoms with Crippen molar-refractivity contribution in [3.05, 3.63) is 41.3 Å². The van der Waals surface area contributed by atoms with Crippen molar-refractivity contribution < 1.29 is 0 Å². The lowest BCUT2D eigenvalue weighted by molar-refractivity contribution is 0.532. The fraction of sp³-hybridized carbons (Fsp3) is 0.684. The molecule has 1 aromatic carbocycles. The number of aromatic nitrogens is 1. The van der Waals surface area contributed by atoms with E-state index in [0.29, 0.717) is 0 Å². The minimum atomic E-state index is 0.905. The van der Waals surface area contributed by atoms with Crippen molar-refractivity contribution in [2.24, 2.45) is 4.99 Å². The molecule has 0 radical (unpaired) electrons. The highest BCUT2D eigenvalue weighted by Crippen LogP contribution is 2.33. The number of unbranched alkanes of at least 4 members (excludes halogenated alkanes) is 14. The Morgan fingerprint density at radius 2 is 1.31 bits per heavy atom. The van der Waals surface area contributed by atoms with Gasteiger partial charge < -0.3 is 4.90 Å². The molecule has 2 heterocycles. The molecule has 0 aromatic heterocycles. The first-order valence-electron chi connectivity index (χ1n) is 17.9. The van der Waals surface area contributed by atoms with Gasteiger partial charge in [-0.15, -0.1) is 11.3 Å². The summed E-state index contributed by atoms with van der Waals surface area (Å²) in [5, 5.41) is 1.20. The van der Waals surface area contributed by atoms with Crippen molar-refractivity contribution in [3.63, 3.8) is 0 Å². The Morgan fingerprint density at radius 3 is 1.93 bits per heavy atom. The van der Waals surface area contributed by atoms with Crippen molar-refractivity contribution in [3.8, 4) is 10.6 Å². The van der Waals surface area contributed by atoms with Gasteiger partial charge in [0.2, 0.25) is 0 Å². The summed E-state index contributed by atoms with van der Waals surface area (Å²) in [5.41, 5.74) is 5.03. The molecule has 0 amide bonds. The summed E-state index contributed by atoms with van der Waals surface area (Å²) < 4.78 is 1.29. The van der Waals surface area contributed by atoms with Gasteiger partial charge in [0, 0.05) is 25.3 Å². The summed E-state index contributed by atoms with van der Waals surface area (Å²) in [7, 11) is 0. The van der Waals surface area contributed by atoms with E-state index >= 15 is 0 Å². The molecule has 0 spiro atoms. The molecular weight excluding hydrogens is 531 g/mol. The highest BCUT2D eigenvalue weighted by atomic mass is 32.1. The Morgan fingerprint density at radius 1 is 0.690 bits per heavy atom. The predicted octanol–water partition coefficient (Wildman–Crippen LogP) is 11.5. The fourth-order valence-electron chi connectivity index (χ4n) is 6.49. The van der Waals surface area contributed by atoms with Gasteiger partial charge in [0.1, 0.15) is 0 Å². The zero-order valence-electron chi connectivity index (χ0n) is 27.1. The molecular formula is C38H59N3S. The zero-order chi connectivity index (χ0) is 29.2. The van der Waals surface area contributed by atoms with Gasteiger partial charge in [-0.1, -0.05) is 117 Å².